The van der Waals surface area contributed by atoms with Gasteiger partial charge in [0, 0.05) is 26.3 Å². The number of anilines is 1. The number of phenolic OH excluding ortho intramolecular Hbond substituents is 1. The predicted molar refractivity (Wildman–Crippen MR) is 106 cm³/mol. The Balaban J connectivity index is 1.85. The molecular formula is C21H26N2O5. The molecule has 1 heterocycles. The van der Waals surface area contributed by atoms with Gasteiger partial charge in [-0.05, 0) is 26.0 Å². The second-order valence-electron chi connectivity index (χ2n) is 7.18. The van der Waals surface area contributed by atoms with Crippen molar-refractivity contribution < 1.29 is 24.1 Å². The van der Waals surface area contributed by atoms with E-state index < -0.39 is 18.1 Å². The van der Waals surface area contributed by atoms with Crippen LogP contribution < -0.4 is 15.4 Å². The monoisotopic (exact) mass is 386 g/mol. The van der Waals surface area contributed by atoms with Gasteiger partial charge in [-0.15, -0.1) is 0 Å². The van der Waals surface area contributed by atoms with Gasteiger partial charge in [-0.3, -0.25) is 10.1 Å². The Labute approximate surface area is 164 Å². The average Bonchev–Trinajstić information content (AvgIpc) is 2.70. The maximum atomic E-state index is 12.8. The van der Waals surface area contributed by atoms with Crippen molar-refractivity contribution in [2.24, 2.45) is 0 Å². The average molecular weight is 386 g/mol. The second-order valence-corrected chi connectivity index (χ2v) is 7.18. The lowest BCUT2D eigenvalue weighted by Gasteiger charge is -2.42. The lowest BCUT2D eigenvalue weighted by atomic mass is 9.96. The lowest BCUT2D eigenvalue weighted by molar-refractivity contribution is -0.105. The second kappa shape index (κ2) is 8.18. The van der Waals surface area contributed by atoms with E-state index in [9.17, 15) is 9.90 Å². The first-order valence-corrected chi connectivity index (χ1v) is 9.07. The summed E-state index contributed by atoms with van der Waals surface area (Å²) in [6, 6.07) is 12.1. The molecule has 7 heteroatoms. The highest BCUT2D eigenvalue weighted by molar-refractivity contribution is 6.11. The molecule has 0 bridgehead atoms. The Morgan fingerprint density at radius 1 is 1.21 bits per heavy atom. The third kappa shape index (κ3) is 3.96. The number of carbonyl (C=O) groups excluding carboxylic acids is 1. The van der Waals surface area contributed by atoms with Crippen LogP contribution in [0.2, 0.25) is 0 Å². The molecule has 3 N–H and O–H groups in total. The number of ketones is 1. The first-order valence-electron chi connectivity index (χ1n) is 9.07. The maximum absolute atomic E-state index is 12.8. The number of ether oxygens (including phenoxy) is 3. The number of rotatable bonds is 7. The third-order valence-corrected chi connectivity index (χ3v) is 4.76. The van der Waals surface area contributed by atoms with Gasteiger partial charge in [0.15, 0.2) is 24.1 Å². The minimum absolute atomic E-state index is 0.121. The van der Waals surface area contributed by atoms with Gasteiger partial charge in [-0.2, -0.15) is 0 Å². The van der Waals surface area contributed by atoms with E-state index in [1.165, 1.54) is 0 Å². The van der Waals surface area contributed by atoms with E-state index >= 15 is 0 Å². The molecule has 0 aromatic heterocycles. The summed E-state index contributed by atoms with van der Waals surface area (Å²) >= 11 is 0. The van der Waals surface area contributed by atoms with Crippen LogP contribution in [0.5, 0.6) is 11.5 Å². The molecule has 0 fully saturated rings. The van der Waals surface area contributed by atoms with Crippen LogP contribution in [-0.4, -0.2) is 49.7 Å². The van der Waals surface area contributed by atoms with E-state index in [1.807, 2.05) is 19.9 Å². The van der Waals surface area contributed by atoms with Gasteiger partial charge in [0.1, 0.15) is 11.4 Å². The van der Waals surface area contributed by atoms with E-state index in [4.69, 9.17) is 14.2 Å². The van der Waals surface area contributed by atoms with Crippen molar-refractivity contribution in [3.63, 3.8) is 0 Å². The molecule has 0 spiro atoms. The van der Waals surface area contributed by atoms with Crippen LogP contribution in [0.3, 0.4) is 0 Å². The Morgan fingerprint density at radius 2 is 1.89 bits per heavy atom. The fourth-order valence-electron chi connectivity index (χ4n) is 3.14. The number of fused-ring (bicyclic) bond motifs is 1. The van der Waals surface area contributed by atoms with Crippen molar-refractivity contribution in [3.05, 3.63) is 53.6 Å². The topological polar surface area (TPSA) is 89.1 Å². The number of aromatic hydroxyl groups is 1. The molecule has 1 atom stereocenters. The number of hydrogen-bond acceptors (Lipinski definition) is 7. The fourth-order valence-corrected chi connectivity index (χ4v) is 3.14. The molecule has 1 aliphatic heterocycles. The molecule has 0 saturated carbocycles. The van der Waals surface area contributed by atoms with Crippen molar-refractivity contribution in [1.82, 2.24) is 5.32 Å². The Hall–Kier alpha value is -2.61. The number of nitrogens with one attached hydrogen (secondary N) is 2. The molecular weight excluding hydrogens is 360 g/mol. The summed E-state index contributed by atoms with van der Waals surface area (Å²) in [6.45, 7) is 4.30. The van der Waals surface area contributed by atoms with E-state index in [0.29, 0.717) is 23.5 Å². The van der Waals surface area contributed by atoms with Crippen molar-refractivity contribution >= 4 is 11.5 Å². The van der Waals surface area contributed by atoms with E-state index in [-0.39, 0.29) is 17.1 Å². The minimum atomic E-state index is -0.565. The summed E-state index contributed by atoms with van der Waals surface area (Å²) in [6.07, 6.45) is -0.803. The number of carbonyl (C=O) groups is 1. The zero-order valence-corrected chi connectivity index (χ0v) is 16.5. The normalized spacial score (nSPS) is 17.5. The Bertz CT molecular complexity index is 834. The largest absolute Gasteiger partial charge is 0.505 e. The molecule has 0 amide bonds. The highest BCUT2D eigenvalue weighted by Gasteiger charge is 2.38. The molecule has 3 rings (SSSR count). The molecule has 28 heavy (non-hydrogen) atoms. The van der Waals surface area contributed by atoms with Crippen LogP contribution in [0.25, 0.3) is 0 Å². The van der Waals surface area contributed by atoms with E-state index in [2.05, 4.69) is 10.6 Å². The standard InChI is InChI=1S/C21H26N2O5/c1-21(2)20(22-12-16(26-3)27-4)28-15-11-10-14(19(25)17(15)23-21)18(24)13-8-6-5-7-9-13/h5-11,16,20,22-23,25H,12H2,1-4H3. The van der Waals surface area contributed by atoms with Crippen LogP contribution in [0, 0.1) is 0 Å². The van der Waals surface area contributed by atoms with Gasteiger partial charge in [0.05, 0.1) is 11.1 Å². The summed E-state index contributed by atoms with van der Waals surface area (Å²) in [7, 11) is 3.14. The highest BCUT2D eigenvalue weighted by atomic mass is 16.7. The van der Waals surface area contributed by atoms with Crippen LogP contribution in [0.4, 0.5) is 5.69 Å². The van der Waals surface area contributed by atoms with Gasteiger partial charge >= 0.3 is 0 Å². The SMILES string of the molecule is COC(CNC1Oc2ccc(C(=O)c3ccccc3)c(O)c2NC1(C)C)OC. The van der Waals surface area contributed by atoms with Crippen LogP contribution in [0.15, 0.2) is 42.5 Å². The molecule has 7 nitrogen and oxygen atoms in total. The number of benzene rings is 2. The molecule has 2 aromatic rings. The van der Waals surface area contributed by atoms with E-state index in [0.717, 1.165) is 0 Å². The molecule has 1 aliphatic rings. The van der Waals surface area contributed by atoms with Crippen LogP contribution in [0.1, 0.15) is 29.8 Å². The molecule has 0 aliphatic carbocycles. The summed E-state index contributed by atoms with van der Waals surface area (Å²) in [5.41, 5.74) is 0.575. The zero-order valence-electron chi connectivity index (χ0n) is 16.5. The number of methoxy groups -OCH3 is 2. The first-order chi connectivity index (χ1) is 13.4. The quantitative estimate of drug-likeness (QED) is 0.383. The zero-order chi connectivity index (χ0) is 20.3. The Morgan fingerprint density at radius 3 is 2.54 bits per heavy atom. The van der Waals surface area contributed by atoms with Gasteiger partial charge in [-0.25, -0.2) is 0 Å². The summed E-state index contributed by atoms with van der Waals surface area (Å²) < 4.78 is 16.4. The Kier molecular flexibility index (Phi) is 5.88. The third-order valence-electron chi connectivity index (χ3n) is 4.76. The first kappa shape index (κ1) is 20.1. The van der Waals surface area contributed by atoms with Crippen molar-refractivity contribution in [3.8, 4) is 11.5 Å². The summed E-state index contributed by atoms with van der Waals surface area (Å²) in [5.74, 6) is 0.0960. The molecule has 0 radical (unpaired) electrons. The maximum Gasteiger partial charge on any atom is 0.196 e. The van der Waals surface area contributed by atoms with Crippen LogP contribution >= 0.6 is 0 Å². The summed E-state index contributed by atoms with van der Waals surface area (Å²) in [4.78, 5) is 12.8. The number of hydrogen-bond donors (Lipinski definition) is 3. The van der Waals surface area contributed by atoms with Gasteiger partial charge < -0.3 is 24.6 Å². The van der Waals surface area contributed by atoms with Gasteiger partial charge in [-0.1, -0.05) is 30.3 Å². The molecule has 0 saturated heterocycles. The van der Waals surface area contributed by atoms with Crippen molar-refractivity contribution in [2.45, 2.75) is 31.9 Å². The molecule has 2 aromatic carbocycles. The summed E-state index contributed by atoms with van der Waals surface area (Å²) in [5, 5.41) is 17.3. The van der Waals surface area contributed by atoms with E-state index in [1.54, 1.807) is 50.6 Å². The fraction of sp³-hybridized carbons (Fsp3) is 0.381. The highest BCUT2D eigenvalue weighted by Crippen LogP contribution is 2.43. The van der Waals surface area contributed by atoms with Crippen LogP contribution in [-0.2, 0) is 9.47 Å². The number of phenols is 1. The molecule has 150 valence electrons. The van der Waals surface area contributed by atoms with Gasteiger partial charge in [0.25, 0.3) is 0 Å². The molecule has 1 unspecified atom stereocenters. The lowest BCUT2D eigenvalue weighted by Crippen LogP contribution is -2.58. The minimum Gasteiger partial charge on any atom is -0.505 e. The smallest absolute Gasteiger partial charge is 0.196 e. The van der Waals surface area contributed by atoms with Crippen molar-refractivity contribution in [2.75, 3.05) is 26.1 Å². The van der Waals surface area contributed by atoms with Crippen molar-refractivity contribution in [1.29, 1.82) is 0 Å². The predicted octanol–water partition coefficient (Wildman–Crippen LogP) is 2.74. The van der Waals surface area contributed by atoms with Gasteiger partial charge in [0.2, 0.25) is 0 Å².